The van der Waals surface area contributed by atoms with Crippen molar-refractivity contribution in [1.29, 1.82) is 0 Å². The van der Waals surface area contributed by atoms with E-state index in [2.05, 4.69) is 16.0 Å². The van der Waals surface area contributed by atoms with Crippen molar-refractivity contribution in [2.75, 3.05) is 0 Å². The topological polar surface area (TPSA) is 72.9 Å². The third-order valence-electron chi connectivity index (χ3n) is 5.48. The van der Waals surface area contributed by atoms with Crippen LogP contribution >= 0.6 is 0 Å². The first-order valence-electron chi connectivity index (χ1n) is 9.72. The van der Waals surface area contributed by atoms with Crippen LogP contribution in [0.4, 0.5) is 0 Å². The molecular formula is C22H22N4O2. The fourth-order valence-corrected chi connectivity index (χ4v) is 4.04. The monoisotopic (exact) mass is 374 g/mol. The maximum Gasteiger partial charge on any atom is 0.329 e. The SMILES string of the molecule is CC(O)Cc1c(Cn2c(=O)n(C3CC3)c3ccncc32)ncc2ccccc12. The lowest BCUT2D eigenvalue weighted by atomic mass is 9.99. The highest BCUT2D eigenvalue weighted by Gasteiger charge is 2.29. The summed E-state index contributed by atoms with van der Waals surface area (Å²) < 4.78 is 3.66. The Morgan fingerprint density at radius 3 is 2.79 bits per heavy atom. The van der Waals surface area contributed by atoms with E-state index in [1.807, 2.05) is 35.0 Å². The molecule has 142 valence electrons. The summed E-state index contributed by atoms with van der Waals surface area (Å²) in [5.74, 6) is 0. The molecule has 5 rings (SSSR count). The average molecular weight is 374 g/mol. The smallest absolute Gasteiger partial charge is 0.329 e. The summed E-state index contributed by atoms with van der Waals surface area (Å²) in [5.41, 5.74) is 3.57. The number of nitrogens with zero attached hydrogens (tertiary/aromatic N) is 4. The number of aliphatic hydroxyl groups excluding tert-OH is 1. The molecule has 1 unspecified atom stereocenters. The van der Waals surface area contributed by atoms with Crippen molar-refractivity contribution in [3.05, 3.63) is 70.7 Å². The lowest BCUT2D eigenvalue weighted by Gasteiger charge is -2.14. The highest BCUT2D eigenvalue weighted by Crippen LogP contribution is 2.36. The fraction of sp³-hybridized carbons (Fsp3) is 0.318. The molecule has 1 fully saturated rings. The summed E-state index contributed by atoms with van der Waals surface area (Å²) in [6, 6.07) is 10.3. The van der Waals surface area contributed by atoms with Gasteiger partial charge in [0.05, 0.1) is 35.6 Å². The van der Waals surface area contributed by atoms with Crippen LogP contribution < -0.4 is 5.69 Å². The number of aromatic nitrogens is 4. The summed E-state index contributed by atoms with van der Waals surface area (Å²) in [4.78, 5) is 22.1. The van der Waals surface area contributed by atoms with E-state index in [9.17, 15) is 9.90 Å². The number of benzene rings is 1. The zero-order valence-electron chi connectivity index (χ0n) is 15.7. The van der Waals surface area contributed by atoms with Gasteiger partial charge < -0.3 is 5.11 Å². The van der Waals surface area contributed by atoms with Gasteiger partial charge in [-0.1, -0.05) is 24.3 Å². The third kappa shape index (κ3) is 2.81. The molecule has 1 atom stereocenters. The quantitative estimate of drug-likeness (QED) is 0.583. The minimum atomic E-state index is -0.488. The number of pyridine rings is 2. The predicted octanol–water partition coefficient (Wildman–Crippen LogP) is 3.05. The molecule has 0 bridgehead atoms. The van der Waals surface area contributed by atoms with Crippen LogP contribution in [0.3, 0.4) is 0 Å². The van der Waals surface area contributed by atoms with Crippen LogP contribution in [0.1, 0.15) is 37.1 Å². The standard InChI is InChI=1S/C22H22N4O2/c1-14(27)10-18-17-5-3-2-4-15(17)11-24-19(18)13-25-21-12-23-9-8-20(21)26(22(25)28)16-6-7-16/h2-5,8-9,11-12,14,16,27H,6-7,10,13H2,1H3. The number of imidazole rings is 1. The van der Waals surface area contributed by atoms with Gasteiger partial charge in [-0.25, -0.2) is 4.79 Å². The third-order valence-corrected chi connectivity index (χ3v) is 5.48. The van der Waals surface area contributed by atoms with Crippen LogP contribution in [0.2, 0.25) is 0 Å². The highest BCUT2D eigenvalue weighted by atomic mass is 16.3. The van der Waals surface area contributed by atoms with Crippen LogP contribution in [0.15, 0.2) is 53.7 Å². The van der Waals surface area contributed by atoms with Crippen molar-refractivity contribution in [3.63, 3.8) is 0 Å². The predicted molar refractivity (Wildman–Crippen MR) is 108 cm³/mol. The van der Waals surface area contributed by atoms with Crippen LogP contribution in [0.5, 0.6) is 0 Å². The van der Waals surface area contributed by atoms with E-state index in [0.717, 1.165) is 45.9 Å². The van der Waals surface area contributed by atoms with Gasteiger partial charge in [-0.2, -0.15) is 0 Å². The van der Waals surface area contributed by atoms with E-state index < -0.39 is 6.10 Å². The summed E-state index contributed by atoms with van der Waals surface area (Å²) in [7, 11) is 0. The lowest BCUT2D eigenvalue weighted by molar-refractivity contribution is 0.195. The average Bonchev–Trinajstić information content (AvgIpc) is 3.49. The molecule has 0 spiro atoms. The molecule has 0 saturated heterocycles. The Hall–Kier alpha value is -2.99. The Kier molecular flexibility index (Phi) is 4.02. The van der Waals surface area contributed by atoms with Crippen molar-refractivity contribution in [1.82, 2.24) is 19.1 Å². The van der Waals surface area contributed by atoms with E-state index in [-0.39, 0.29) is 5.69 Å². The molecule has 1 aliphatic rings. The highest BCUT2D eigenvalue weighted by molar-refractivity contribution is 5.85. The molecule has 0 aliphatic heterocycles. The molecule has 6 nitrogen and oxygen atoms in total. The van der Waals surface area contributed by atoms with Crippen molar-refractivity contribution in [3.8, 4) is 0 Å². The van der Waals surface area contributed by atoms with Crippen molar-refractivity contribution in [2.45, 2.75) is 44.9 Å². The van der Waals surface area contributed by atoms with Gasteiger partial charge in [0.2, 0.25) is 0 Å². The van der Waals surface area contributed by atoms with Gasteiger partial charge in [0.1, 0.15) is 0 Å². The number of hydrogen-bond donors (Lipinski definition) is 1. The first kappa shape index (κ1) is 17.1. The van der Waals surface area contributed by atoms with Crippen molar-refractivity contribution < 1.29 is 5.11 Å². The maximum atomic E-state index is 13.2. The van der Waals surface area contributed by atoms with E-state index in [1.165, 1.54) is 0 Å². The molecule has 4 aromatic rings. The normalized spacial score (nSPS) is 15.4. The number of hydrogen-bond acceptors (Lipinski definition) is 4. The van der Waals surface area contributed by atoms with Crippen molar-refractivity contribution >= 4 is 21.8 Å². The van der Waals surface area contributed by atoms with Gasteiger partial charge in [0.15, 0.2) is 0 Å². The molecule has 1 N–H and O–H groups in total. The van der Waals surface area contributed by atoms with E-state index >= 15 is 0 Å². The van der Waals surface area contributed by atoms with Gasteiger partial charge in [-0.15, -0.1) is 0 Å². The van der Waals surface area contributed by atoms with Gasteiger partial charge in [-0.3, -0.25) is 19.1 Å². The van der Waals surface area contributed by atoms with E-state index in [4.69, 9.17) is 0 Å². The molecule has 1 aliphatic carbocycles. The van der Waals surface area contributed by atoms with Crippen molar-refractivity contribution in [2.24, 2.45) is 0 Å². The Balaban J connectivity index is 1.69. The van der Waals surface area contributed by atoms with E-state index in [1.54, 1.807) is 23.9 Å². The van der Waals surface area contributed by atoms with Crippen LogP contribution in [0.25, 0.3) is 21.8 Å². The van der Waals surface area contributed by atoms with Gasteiger partial charge in [0.25, 0.3) is 0 Å². The largest absolute Gasteiger partial charge is 0.393 e. The number of fused-ring (bicyclic) bond motifs is 2. The summed E-state index contributed by atoms with van der Waals surface area (Å²) in [5, 5.41) is 12.2. The lowest BCUT2D eigenvalue weighted by Crippen LogP contribution is -2.25. The Morgan fingerprint density at radius 1 is 1.18 bits per heavy atom. The first-order chi connectivity index (χ1) is 13.6. The summed E-state index contributed by atoms with van der Waals surface area (Å²) in [6.45, 7) is 2.15. The van der Waals surface area contributed by atoms with Gasteiger partial charge >= 0.3 is 5.69 Å². The molecule has 28 heavy (non-hydrogen) atoms. The fourth-order valence-electron chi connectivity index (χ4n) is 4.04. The Labute approximate surface area is 162 Å². The second-order valence-corrected chi connectivity index (χ2v) is 7.66. The first-order valence-corrected chi connectivity index (χ1v) is 9.72. The molecule has 3 aromatic heterocycles. The van der Waals surface area contributed by atoms with Gasteiger partial charge in [-0.05, 0) is 36.8 Å². The Bertz CT molecular complexity index is 1230. The molecule has 6 heteroatoms. The summed E-state index contributed by atoms with van der Waals surface area (Å²) >= 11 is 0. The van der Waals surface area contributed by atoms with Crippen LogP contribution in [-0.4, -0.2) is 30.3 Å². The van der Waals surface area contributed by atoms with Crippen LogP contribution in [0, 0.1) is 0 Å². The van der Waals surface area contributed by atoms with E-state index in [0.29, 0.717) is 19.0 Å². The van der Waals surface area contributed by atoms with Crippen LogP contribution in [-0.2, 0) is 13.0 Å². The molecule has 3 heterocycles. The second kappa shape index (κ2) is 6.56. The molecule has 0 amide bonds. The number of rotatable bonds is 5. The zero-order chi connectivity index (χ0) is 19.3. The molecule has 0 radical (unpaired) electrons. The molecular weight excluding hydrogens is 352 g/mol. The maximum absolute atomic E-state index is 13.2. The minimum Gasteiger partial charge on any atom is -0.393 e. The second-order valence-electron chi connectivity index (χ2n) is 7.66. The minimum absolute atomic E-state index is 0.0107. The summed E-state index contributed by atoms with van der Waals surface area (Å²) in [6.07, 6.45) is 7.43. The van der Waals surface area contributed by atoms with Gasteiger partial charge in [0, 0.05) is 30.2 Å². The zero-order valence-corrected chi connectivity index (χ0v) is 15.7. The number of aliphatic hydroxyl groups is 1. The molecule has 1 aromatic carbocycles. The molecule has 1 saturated carbocycles. The Morgan fingerprint density at radius 2 is 2.00 bits per heavy atom.